The molecular weight excluding hydrogens is 219 g/mol. The molecule has 0 fully saturated rings. The van der Waals surface area contributed by atoms with Crippen molar-refractivity contribution in [2.24, 2.45) is 0 Å². The predicted octanol–water partition coefficient (Wildman–Crippen LogP) is 3.32. The molecule has 1 heterocycles. The highest BCUT2D eigenvalue weighted by Gasteiger charge is 2.11. The van der Waals surface area contributed by atoms with Gasteiger partial charge < -0.3 is 9.52 Å². The number of rotatable bonds is 3. The van der Waals surface area contributed by atoms with Crippen LogP contribution in [0.15, 0.2) is 34.7 Å². The molecule has 1 atom stereocenters. The predicted molar refractivity (Wildman–Crippen MR) is 64.2 cm³/mol. The van der Waals surface area contributed by atoms with Crippen molar-refractivity contribution in [3.8, 4) is 11.3 Å². The number of furan rings is 1. The second-order valence-electron chi connectivity index (χ2n) is 4.30. The van der Waals surface area contributed by atoms with Crippen molar-refractivity contribution in [1.29, 1.82) is 0 Å². The Morgan fingerprint density at radius 3 is 2.76 bits per heavy atom. The van der Waals surface area contributed by atoms with Crippen LogP contribution in [0.4, 0.5) is 4.39 Å². The maximum absolute atomic E-state index is 13.6. The number of benzene rings is 1. The first-order valence-corrected chi connectivity index (χ1v) is 5.59. The van der Waals surface area contributed by atoms with Crippen molar-refractivity contribution in [2.75, 3.05) is 0 Å². The molecule has 1 unspecified atom stereocenters. The molecule has 0 aliphatic carbocycles. The van der Waals surface area contributed by atoms with Crippen molar-refractivity contribution in [3.05, 3.63) is 47.5 Å². The fourth-order valence-electron chi connectivity index (χ4n) is 1.75. The number of hydrogen-bond acceptors (Lipinski definition) is 2. The van der Waals surface area contributed by atoms with E-state index in [0.717, 1.165) is 5.56 Å². The molecule has 2 rings (SSSR count). The average Bonchev–Trinajstić information content (AvgIpc) is 2.69. The summed E-state index contributed by atoms with van der Waals surface area (Å²) in [5.41, 5.74) is 1.44. The number of aliphatic hydroxyl groups excluding tert-OH is 1. The normalized spacial score (nSPS) is 12.7. The maximum Gasteiger partial charge on any atom is 0.137 e. The zero-order valence-electron chi connectivity index (χ0n) is 9.90. The summed E-state index contributed by atoms with van der Waals surface area (Å²) in [7, 11) is 0. The summed E-state index contributed by atoms with van der Waals surface area (Å²) in [6.45, 7) is 3.60. The lowest BCUT2D eigenvalue weighted by Crippen LogP contribution is -2.02. The lowest BCUT2D eigenvalue weighted by molar-refractivity contribution is 0.187. The van der Waals surface area contributed by atoms with Crippen molar-refractivity contribution < 1.29 is 13.9 Å². The minimum atomic E-state index is -0.462. The van der Waals surface area contributed by atoms with Crippen LogP contribution in [0.3, 0.4) is 0 Å². The van der Waals surface area contributed by atoms with Crippen molar-refractivity contribution in [1.82, 2.24) is 0 Å². The van der Waals surface area contributed by atoms with Crippen molar-refractivity contribution >= 4 is 0 Å². The molecule has 0 amide bonds. The highest BCUT2D eigenvalue weighted by molar-refractivity contribution is 5.59. The molecule has 3 heteroatoms. The first kappa shape index (κ1) is 11.9. The van der Waals surface area contributed by atoms with Crippen molar-refractivity contribution in [2.45, 2.75) is 26.4 Å². The quantitative estimate of drug-likeness (QED) is 0.883. The largest absolute Gasteiger partial charge is 0.461 e. The van der Waals surface area contributed by atoms with Gasteiger partial charge in [0.05, 0.1) is 11.7 Å². The van der Waals surface area contributed by atoms with Crippen molar-refractivity contribution in [3.63, 3.8) is 0 Å². The van der Waals surface area contributed by atoms with E-state index in [1.54, 1.807) is 31.2 Å². The smallest absolute Gasteiger partial charge is 0.137 e. The Balaban J connectivity index is 2.33. The molecule has 2 aromatic rings. The Bertz CT molecular complexity index is 515. The van der Waals surface area contributed by atoms with Crippen LogP contribution in [0.1, 0.15) is 18.2 Å². The van der Waals surface area contributed by atoms with E-state index in [2.05, 4.69) is 0 Å². The second kappa shape index (κ2) is 4.72. The number of hydrogen-bond donors (Lipinski definition) is 1. The van der Waals surface area contributed by atoms with Gasteiger partial charge in [-0.2, -0.15) is 0 Å². The van der Waals surface area contributed by atoms with Gasteiger partial charge in [0.25, 0.3) is 0 Å². The SMILES string of the molecule is Cc1ccc(F)c(-c2ccc(CC(C)O)o2)c1. The minimum absolute atomic E-state index is 0.298. The van der Waals surface area contributed by atoms with E-state index in [0.29, 0.717) is 23.5 Å². The number of aliphatic hydroxyl groups is 1. The Labute approximate surface area is 99.7 Å². The van der Waals surface area contributed by atoms with Gasteiger partial charge in [-0.05, 0) is 38.1 Å². The molecule has 0 saturated heterocycles. The lowest BCUT2D eigenvalue weighted by Gasteiger charge is -2.02. The minimum Gasteiger partial charge on any atom is -0.461 e. The molecule has 0 saturated carbocycles. The number of halogens is 1. The zero-order chi connectivity index (χ0) is 12.4. The standard InChI is InChI=1S/C14H15FO2/c1-9-3-5-13(15)12(7-9)14-6-4-11(17-14)8-10(2)16/h3-7,10,16H,8H2,1-2H3. The maximum atomic E-state index is 13.6. The molecule has 0 aliphatic rings. The summed E-state index contributed by atoms with van der Waals surface area (Å²) in [4.78, 5) is 0. The second-order valence-corrected chi connectivity index (χ2v) is 4.30. The van der Waals surface area contributed by atoms with E-state index in [-0.39, 0.29) is 5.82 Å². The van der Waals surface area contributed by atoms with Crippen LogP contribution in [-0.2, 0) is 6.42 Å². The summed E-state index contributed by atoms with van der Waals surface area (Å²) in [6, 6.07) is 8.40. The van der Waals surface area contributed by atoms with Crippen LogP contribution in [0.2, 0.25) is 0 Å². The summed E-state index contributed by atoms with van der Waals surface area (Å²) in [5, 5.41) is 9.25. The highest BCUT2D eigenvalue weighted by Crippen LogP contribution is 2.26. The Morgan fingerprint density at radius 1 is 1.29 bits per heavy atom. The van der Waals surface area contributed by atoms with Gasteiger partial charge in [0, 0.05) is 6.42 Å². The molecule has 0 bridgehead atoms. The van der Waals surface area contributed by atoms with Crippen LogP contribution in [0.25, 0.3) is 11.3 Å². The van der Waals surface area contributed by atoms with Gasteiger partial charge in [-0.1, -0.05) is 11.6 Å². The topological polar surface area (TPSA) is 33.4 Å². The highest BCUT2D eigenvalue weighted by atomic mass is 19.1. The van der Waals surface area contributed by atoms with Gasteiger partial charge in [-0.15, -0.1) is 0 Å². The van der Waals surface area contributed by atoms with Crippen LogP contribution in [-0.4, -0.2) is 11.2 Å². The molecule has 1 aromatic heterocycles. The summed E-state index contributed by atoms with van der Waals surface area (Å²) >= 11 is 0. The van der Waals surface area contributed by atoms with Gasteiger partial charge in [0.2, 0.25) is 0 Å². The molecule has 90 valence electrons. The van der Waals surface area contributed by atoms with E-state index in [9.17, 15) is 9.50 Å². The fourth-order valence-corrected chi connectivity index (χ4v) is 1.75. The first-order valence-electron chi connectivity index (χ1n) is 5.59. The molecular formula is C14H15FO2. The zero-order valence-corrected chi connectivity index (χ0v) is 9.90. The van der Waals surface area contributed by atoms with E-state index < -0.39 is 6.10 Å². The Kier molecular flexibility index (Phi) is 3.29. The summed E-state index contributed by atoms with van der Waals surface area (Å²) in [5.74, 6) is 0.867. The Morgan fingerprint density at radius 2 is 2.06 bits per heavy atom. The van der Waals surface area contributed by atoms with Crippen LogP contribution >= 0.6 is 0 Å². The van der Waals surface area contributed by atoms with Gasteiger partial charge in [0.15, 0.2) is 0 Å². The van der Waals surface area contributed by atoms with E-state index in [1.807, 2.05) is 6.92 Å². The van der Waals surface area contributed by atoms with E-state index in [1.165, 1.54) is 6.07 Å². The molecule has 0 radical (unpaired) electrons. The third-order valence-electron chi connectivity index (χ3n) is 2.55. The molecule has 2 nitrogen and oxygen atoms in total. The third kappa shape index (κ3) is 2.74. The van der Waals surface area contributed by atoms with E-state index >= 15 is 0 Å². The van der Waals surface area contributed by atoms with Gasteiger partial charge >= 0.3 is 0 Å². The van der Waals surface area contributed by atoms with E-state index in [4.69, 9.17) is 4.42 Å². The molecule has 0 spiro atoms. The first-order chi connectivity index (χ1) is 8.06. The molecule has 1 N–H and O–H groups in total. The van der Waals surface area contributed by atoms with Gasteiger partial charge in [0.1, 0.15) is 17.3 Å². The Hall–Kier alpha value is -1.61. The lowest BCUT2D eigenvalue weighted by atomic mass is 10.1. The van der Waals surface area contributed by atoms with Crippen LogP contribution in [0, 0.1) is 12.7 Å². The summed E-state index contributed by atoms with van der Waals surface area (Å²) in [6.07, 6.45) is -0.0238. The summed E-state index contributed by atoms with van der Waals surface area (Å²) < 4.78 is 19.1. The van der Waals surface area contributed by atoms with Crippen LogP contribution < -0.4 is 0 Å². The number of aryl methyl sites for hydroxylation is 1. The molecule has 17 heavy (non-hydrogen) atoms. The molecule has 0 aliphatic heterocycles. The monoisotopic (exact) mass is 234 g/mol. The van der Waals surface area contributed by atoms with Gasteiger partial charge in [-0.25, -0.2) is 4.39 Å². The van der Waals surface area contributed by atoms with Gasteiger partial charge in [-0.3, -0.25) is 0 Å². The van der Waals surface area contributed by atoms with Crippen LogP contribution in [0.5, 0.6) is 0 Å². The molecule has 1 aromatic carbocycles. The fraction of sp³-hybridized carbons (Fsp3) is 0.286. The average molecular weight is 234 g/mol. The third-order valence-corrected chi connectivity index (χ3v) is 2.55.